The first kappa shape index (κ1) is 19.9. The standard InChI is InChI=1S/C20H18ClN3O3S/c1-28(26,27)24-15-7-5-14(6-8-15)20(25)13-23-16-9-10-18(21)17(12-16)19-4-2-3-11-22-19/h2-12,23-24H,13H2,1H3. The predicted octanol–water partition coefficient (Wildman–Crippen LogP) is 4.07. The van der Waals surface area contributed by atoms with Gasteiger partial charge in [-0.2, -0.15) is 0 Å². The number of nitrogens with one attached hydrogen (secondary N) is 2. The van der Waals surface area contributed by atoms with Gasteiger partial charge < -0.3 is 5.32 Å². The lowest BCUT2D eigenvalue weighted by Gasteiger charge is -2.10. The second kappa shape index (κ2) is 8.41. The Hall–Kier alpha value is -2.90. The van der Waals surface area contributed by atoms with Crippen LogP contribution in [-0.2, 0) is 10.0 Å². The highest BCUT2D eigenvalue weighted by Crippen LogP contribution is 2.29. The number of aromatic nitrogens is 1. The molecule has 0 aliphatic heterocycles. The predicted molar refractivity (Wildman–Crippen MR) is 112 cm³/mol. The van der Waals surface area contributed by atoms with Crippen molar-refractivity contribution >= 4 is 38.8 Å². The van der Waals surface area contributed by atoms with Gasteiger partial charge >= 0.3 is 0 Å². The summed E-state index contributed by atoms with van der Waals surface area (Å²) in [5.74, 6) is -0.125. The van der Waals surface area contributed by atoms with Crippen LogP contribution >= 0.6 is 11.6 Å². The quantitative estimate of drug-likeness (QED) is 0.568. The lowest BCUT2D eigenvalue weighted by molar-refractivity contribution is 0.101. The lowest BCUT2D eigenvalue weighted by atomic mass is 10.1. The van der Waals surface area contributed by atoms with Gasteiger partial charge in [0.05, 0.1) is 23.5 Å². The molecule has 0 aliphatic rings. The molecule has 0 fully saturated rings. The molecule has 0 saturated heterocycles. The lowest BCUT2D eigenvalue weighted by Crippen LogP contribution is -2.14. The molecule has 28 heavy (non-hydrogen) atoms. The first-order chi connectivity index (χ1) is 13.3. The van der Waals surface area contributed by atoms with Crippen molar-refractivity contribution in [1.82, 2.24) is 4.98 Å². The number of pyridine rings is 1. The normalized spacial score (nSPS) is 11.1. The number of benzene rings is 2. The van der Waals surface area contributed by atoms with Gasteiger partial charge in [0.25, 0.3) is 0 Å². The Balaban J connectivity index is 1.68. The van der Waals surface area contributed by atoms with Crippen LogP contribution in [0.4, 0.5) is 11.4 Å². The molecule has 2 aromatic carbocycles. The molecular formula is C20H18ClN3O3S. The molecule has 0 unspecified atom stereocenters. The number of halogens is 1. The van der Waals surface area contributed by atoms with Crippen LogP contribution in [0, 0.1) is 0 Å². The molecule has 0 aliphatic carbocycles. The van der Waals surface area contributed by atoms with Crippen LogP contribution in [0.1, 0.15) is 10.4 Å². The molecule has 0 atom stereocenters. The number of nitrogens with zero attached hydrogens (tertiary/aromatic N) is 1. The number of carbonyl (C=O) groups excluding carboxylic acids is 1. The Labute approximate surface area is 168 Å². The average Bonchev–Trinajstić information content (AvgIpc) is 2.67. The smallest absolute Gasteiger partial charge is 0.229 e. The molecule has 0 saturated carbocycles. The minimum atomic E-state index is -3.35. The zero-order valence-electron chi connectivity index (χ0n) is 15.0. The Kier molecular flexibility index (Phi) is 5.96. The molecule has 3 rings (SSSR count). The zero-order chi connectivity index (χ0) is 20.1. The summed E-state index contributed by atoms with van der Waals surface area (Å²) in [5, 5.41) is 3.66. The Morgan fingerprint density at radius 2 is 1.75 bits per heavy atom. The Morgan fingerprint density at radius 3 is 2.39 bits per heavy atom. The van der Waals surface area contributed by atoms with Crippen molar-refractivity contribution in [3.8, 4) is 11.3 Å². The molecule has 144 valence electrons. The van der Waals surface area contributed by atoms with Crippen molar-refractivity contribution in [2.45, 2.75) is 0 Å². The second-order valence-electron chi connectivity index (χ2n) is 6.14. The fourth-order valence-electron chi connectivity index (χ4n) is 2.58. The largest absolute Gasteiger partial charge is 0.378 e. The maximum Gasteiger partial charge on any atom is 0.229 e. The Bertz CT molecular complexity index is 1090. The van der Waals surface area contributed by atoms with Gasteiger partial charge in [-0.15, -0.1) is 0 Å². The number of rotatable bonds is 7. The van der Waals surface area contributed by atoms with E-state index >= 15 is 0 Å². The van der Waals surface area contributed by atoms with Crippen LogP contribution in [0.5, 0.6) is 0 Å². The fraction of sp³-hybridized carbons (Fsp3) is 0.100. The van der Waals surface area contributed by atoms with Crippen molar-refractivity contribution in [3.05, 3.63) is 77.4 Å². The van der Waals surface area contributed by atoms with Crippen molar-refractivity contribution in [1.29, 1.82) is 0 Å². The maximum atomic E-state index is 12.4. The monoisotopic (exact) mass is 415 g/mol. The minimum absolute atomic E-state index is 0.0855. The Morgan fingerprint density at radius 1 is 1.04 bits per heavy atom. The van der Waals surface area contributed by atoms with Gasteiger partial charge in [0.2, 0.25) is 10.0 Å². The molecule has 1 heterocycles. The van der Waals surface area contributed by atoms with E-state index in [-0.39, 0.29) is 12.3 Å². The third-order valence-corrected chi connectivity index (χ3v) is 4.81. The second-order valence-corrected chi connectivity index (χ2v) is 8.29. The molecule has 0 bridgehead atoms. The molecule has 0 spiro atoms. The summed E-state index contributed by atoms with van der Waals surface area (Å²) in [7, 11) is -3.35. The molecule has 0 radical (unpaired) electrons. The summed E-state index contributed by atoms with van der Waals surface area (Å²) in [5.41, 5.74) is 3.15. The van der Waals surface area contributed by atoms with Crippen molar-refractivity contribution in [3.63, 3.8) is 0 Å². The summed E-state index contributed by atoms with van der Waals surface area (Å²) >= 11 is 6.27. The van der Waals surface area contributed by atoms with Gasteiger partial charge in [-0.05, 0) is 54.6 Å². The highest BCUT2D eigenvalue weighted by Gasteiger charge is 2.09. The van der Waals surface area contributed by atoms with Crippen LogP contribution in [0.25, 0.3) is 11.3 Å². The topological polar surface area (TPSA) is 88.2 Å². The molecule has 3 aromatic rings. The summed E-state index contributed by atoms with van der Waals surface area (Å²) in [6.45, 7) is 0.0855. The van der Waals surface area contributed by atoms with Crippen LogP contribution < -0.4 is 10.0 Å². The van der Waals surface area contributed by atoms with E-state index < -0.39 is 10.0 Å². The maximum absolute atomic E-state index is 12.4. The van der Waals surface area contributed by atoms with Gasteiger partial charge in [0.1, 0.15) is 0 Å². The molecule has 2 N–H and O–H groups in total. The van der Waals surface area contributed by atoms with Crippen LogP contribution in [0.3, 0.4) is 0 Å². The summed E-state index contributed by atoms with van der Waals surface area (Å²) in [6.07, 6.45) is 2.76. The van der Waals surface area contributed by atoms with E-state index in [1.807, 2.05) is 24.3 Å². The molecule has 1 aromatic heterocycles. The highest BCUT2D eigenvalue weighted by molar-refractivity contribution is 7.92. The summed E-state index contributed by atoms with van der Waals surface area (Å²) in [6, 6.07) is 17.2. The SMILES string of the molecule is CS(=O)(=O)Nc1ccc(C(=O)CNc2ccc(Cl)c(-c3ccccn3)c2)cc1. The van der Waals surface area contributed by atoms with E-state index in [4.69, 9.17) is 11.6 Å². The number of ketones is 1. The van der Waals surface area contributed by atoms with E-state index in [1.165, 1.54) is 0 Å². The van der Waals surface area contributed by atoms with Gasteiger partial charge in [-0.25, -0.2) is 8.42 Å². The summed E-state index contributed by atoms with van der Waals surface area (Å²) < 4.78 is 24.8. The van der Waals surface area contributed by atoms with Gasteiger partial charge in [0, 0.05) is 28.7 Å². The van der Waals surface area contributed by atoms with Gasteiger partial charge in [0.15, 0.2) is 5.78 Å². The van der Waals surface area contributed by atoms with E-state index in [1.54, 1.807) is 42.6 Å². The van der Waals surface area contributed by atoms with Crippen molar-refractivity contribution < 1.29 is 13.2 Å². The molecular weight excluding hydrogens is 398 g/mol. The number of hydrogen-bond donors (Lipinski definition) is 2. The minimum Gasteiger partial charge on any atom is -0.378 e. The zero-order valence-corrected chi connectivity index (χ0v) is 16.6. The number of sulfonamides is 1. The fourth-order valence-corrected chi connectivity index (χ4v) is 3.35. The van der Waals surface area contributed by atoms with Crippen LogP contribution in [0.2, 0.25) is 5.02 Å². The van der Waals surface area contributed by atoms with Gasteiger partial charge in [-0.3, -0.25) is 14.5 Å². The molecule has 0 amide bonds. The third kappa shape index (κ3) is 5.31. The van der Waals surface area contributed by atoms with Crippen molar-refractivity contribution in [2.75, 3.05) is 22.8 Å². The first-order valence-electron chi connectivity index (χ1n) is 8.38. The summed E-state index contributed by atoms with van der Waals surface area (Å²) in [4.78, 5) is 16.7. The van der Waals surface area contributed by atoms with Crippen molar-refractivity contribution in [2.24, 2.45) is 0 Å². The van der Waals surface area contributed by atoms with E-state index in [2.05, 4.69) is 15.0 Å². The van der Waals surface area contributed by atoms with Gasteiger partial charge in [-0.1, -0.05) is 17.7 Å². The van der Waals surface area contributed by atoms with E-state index in [9.17, 15) is 13.2 Å². The van der Waals surface area contributed by atoms with Crippen LogP contribution in [-0.4, -0.2) is 32.0 Å². The molecule has 8 heteroatoms. The molecule has 6 nitrogen and oxygen atoms in total. The highest BCUT2D eigenvalue weighted by atomic mass is 35.5. The number of hydrogen-bond acceptors (Lipinski definition) is 5. The number of Topliss-reactive ketones (excluding diaryl/α,β-unsaturated/α-hetero) is 1. The first-order valence-corrected chi connectivity index (χ1v) is 10.6. The number of anilines is 2. The van der Waals surface area contributed by atoms with E-state index in [0.717, 1.165) is 23.2 Å². The van der Waals surface area contributed by atoms with E-state index in [0.29, 0.717) is 16.3 Å². The third-order valence-electron chi connectivity index (χ3n) is 3.87. The van der Waals surface area contributed by atoms with Crippen LogP contribution in [0.15, 0.2) is 66.9 Å². The number of carbonyl (C=O) groups is 1. The average molecular weight is 416 g/mol.